The average molecular weight is 293 g/mol. The van der Waals surface area contributed by atoms with E-state index in [0.29, 0.717) is 5.88 Å². The third-order valence-corrected chi connectivity index (χ3v) is 2.33. The SMILES string of the molecule is COc1ncc(Br)c2ncccc12.C[O-].[Na+]. The Morgan fingerprint density at radius 3 is 2.62 bits per heavy atom. The van der Waals surface area contributed by atoms with Crippen LogP contribution in [-0.2, 0) is 0 Å². The number of nitrogens with zero attached hydrogens (tertiary/aromatic N) is 2. The maximum atomic E-state index is 8.25. The maximum absolute atomic E-state index is 8.25. The van der Waals surface area contributed by atoms with Crippen molar-refractivity contribution in [1.82, 2.24) is 9.97 Å². The van der Waals surface area contributed by atoms with Crippen molar-refractivity contribution in [3.63, 3.8) is 0 Å². The van der Waals surface area contributed by atoms with Gasteiger partial charge in [-0.3, -0.25) is 4.98 Å². The van der Waals surface area contributed by atoms with Crippen LogP contribution in [0.4, 0.5) is 0 Å². The maximum Gasteiger partial charge on any atom is 1.00 e. The third kappa shape index (κ3) is 3.40. The minimum atomic E-state index is 0. The Kier molecular flexibility index (Phi) is 7.87. The van der Waals surface area contributed by atoms with Crippen LogP contribution in [0.1, 0.15) is 0 Å². The number of ether oxygens (including phenoxy) is 1. The van der Waals surface area contributed by atoms with Crippen molar-refractivity contribution in [2.24, 2.45) is 0 Å². The van der Waals surface area contributed by atoms with E-state index in [4.69, 9.17) is 9.84 Å². The van der Waals surface area contributed by atoms with Gasteiger partial charge in [0.25, 0.3) is 0 Å². The molecule has 2 aromatic rings. The Labute approximate surface area is 124 Å². The van der Waals surface area contributed by atoms with Gasteiger partial charge in [-0.25, -0.2) is 4.98 Å². The molecule has 0 bridgehead atoms. The largest absolute Gasteiger partial charge is 1.00 e. The zero-order valence-corrected chi connectivity index (χ0v) is 13.0. The van der Waals surface area contributed by atoms with Crippen LogP contribution in [0, 0.1) is 0 Å². The Hall–Kier alpha value is -0.200. The summed E-state index contributed by atoms with van der Waals surface area (Å²) in [6.45, 7) is 0. The number of fused-ring (bicyclic) bond motifs is 1. The van der Waals surface area contributed by atoms with Gasteiger partial charge < -0.3 is 9.84 Å². The molecule has 0 saturated carbocycles. The summed E-state index contributed by atoms with van der Waals surface area (Å²) in [7, 11) is 2.35. The molecule has 4 nitrogen and oxygen atoms in total. The molecular weight excluding hydrogens is 283 g/mol. The number of rotatable bonds is 1. The fourth-order valence-corrected chi connectivity index (χ4v) is 1.60. The molecule has 6 heteroatoms. The second-order valence-corrected chi connectivity index (χ2v) is 3.37. The first-order valence-corrected chi connectivity index (χ1v) is 4.96. The van der Waals surface area contributed by atoms with Crippen LogP contribution in [0.5, 0.6) is 5.88 Å². The molecule has 16 heavy (non-hydrogen) atoms. The summed E-state index contributed by atoms with van der Waals surface area (Å²) in [5, 5.41) is 9.17. The molecule has 0 N–H and O–H groups in total. The van der Waals surface area contributed by atoms with Crippen molar-refractivity contribution in [3.8, 4) is 5.88 Å². The van der Waals surface area contributed by atoms with Crippen molar-refractivity contribution in [3.05, 3.63) is 29.0 Å². The molecule has 0 atom stereocenters. The molecule has 2 aromatic heterocycles. The fraction of sp³-hybridized carbons (Fsp3) is 0.200. The van der Waals surface area contributed by atoms with E-state index >= 15 is 0 Å². The zero-order chi connectivity index (χ0) is 11.3. The molecule has 80 valence electrons. The predicted octanol–water partition coefficient (Wildman–Crippen LogP) is -1.62. The van der Waals surface area contributed by atoms with Gasteiger partial charge in [0, 0.05) is 12.4 Å². The van der Waals surface area contributed by atoms with Crippen LogP contribution in [0.25, 0.3) is 10.9 Å². The van der Waals surface area contributed by atoms with Crippen LogP contribution in [0.15, 0.2) is 29.0 Å². The van der Waals surface area contributed by atoms with Gasteiger partial charge in [-0.05, 0) is 28.1 Å². The van der Waals surface area contributed by atoms with E-state index in [-0.39, 0.29) is 29.6 Å². The van der Waals surface area contributed by atoms with E-state index in [2.05, 4.69) is 25.9 Å². The molecule has 0 radical (unpaired) electrons. The van der Waals surface area contributed by atoms with Crippen molar-refractivity contribution >= 4 is 26.8 Å². The molecule has 0 unspecified atom stereocenters. The van der Waals surface area contributed by atoms with Gasteiger partial charge in [-0.15, -0.1) is 0 Å². The first kappa shape index (κ1) is 15.8. The van der Waals surface area contributed by atoms with E-state index in [1.165, 1.54) is 0 Å². The first-order chi connectivity index (χ1) is 7.33. The third-order valence-electron chi connectivity index (χ3n) is 1.75. The average Bonchev–Trinajstić information content (AvgIpc) is 2.33. The van der Waals surface area contributed by atoms with E-state index in [0.717, 1.165) is 22.5 Å². The summed E-state index contributed by atoms with van der Waals surface area (Å²) in [6, 6.07) is 3.79. The van der Waals surface area contributed by atoms with Gasteiger partial charge in [-0.2, -0.15) is 7.11 Å². The summed E-state index contributed by atoms with van der Waals surface area (Å²) in [5.41, 5.74) is 0.870. The van der Waals surface area contributed by atoms with Crippen LogP contribution in [0.3, 0.4) is 0 Å². The molecule has 2 heterocycles. The topological polar surface area (TPSA) is 58.1 Å². The Morgan fingerprint density at radius 1 is 1.31 bits per heavy atom. The molecule has 0 saturated heterocycles. The molecule has 0 aliphatic rings. The summed E-state index contributed by atoms with van der Waals surface area (Å²) < 4.78 is 5.99. The summed E-state index contributed by atoms with van der Waals surface area (Å²) in [4.78, 5) is 8.34. The van der Waals surface area contributed by atoms with Crippen LogP contribution < -0.4 is 39.4 Å². The van der Waals surface area contributed by atoms with Crippen molar-refractivity contribution < 1.29 is 39.4 Å². The Bertz CT molecular complexity index is 454. The minimum absolute atomic E-state index is 0. The van der Waals surface area contributed by atoms with Crippen LogP contribution in [-0.4, -0.2) is 24.2 Å². The molecule has 0 amide bonds. The van der Waals surface area contributed by atoms with Crippen LogP contribution in [0.2, 0.25) is 0 Å². The molecule has 0 aliphatic carbocycles. The number of methoxy groups -OCH3 is 1. The quantitative estimate of drug-likeness (QED) is 0.593. The van der Waals surface area contributed by atoms with E-state index in [1.807, 2.05) is 12.1 Å². The first-order valence-electron chi connectivity index (χ1n) is 4.17. The van der Waals surface area contributed by atoms with Crippen molar-refractivity contribution in [2.45, 2.75) is 0 Å². The van der Waals surface area contributed by atoms with Gasteiger partial charge in [0.15, 0.2) is 0 Å². The number of hydrogen-bond donors (Lipinski definition) is 0. The molecule has 0 aliphatic heterocycles. The van der Waals surface area contributed by atoms with Crippen molar-refractivity contribution in [2.75, 3.05) is 14.2 Å². The summed E-state index contributed by atoms with van der Waals surface area (Å²) >= 11 is 3.38. The van der Waals surface area contributed by atoms with Gasteiger partial charge in [0.2, 0.25) is 5.88 Å². The molecule has 0 aromatic carbocycles. The van der Waals surface area contributed by atoms with Gasteiger partial charge in [0.1, 0.15) is 0 Å². The summed E-state index contributed by atoms with van der Waals surface area (Å²) in [5.74, 6) is 0.603. The number of pyridine rings is 2. The monoisotopic (exact) mass is 292 g/mol. The number of aromatic nitrogens is 2. The number of hydrogen-bond acceptors (Lipinski definition) is 4. The van der Waals surface area contributed by atoms with Gasteiger partial charge in [0.05, 0.1) is 22.5 Å². The molecule has 0 fully saturated rings. The molecule has 2 rings (SSSR count). The number of halogens is 1. The fourth-order valence-electron chi connectivity index (χ4n) is 1.18. The van der Waals surface area contributed by atoms with Gasteiger partial charge in [-0.1, -0.05) is 0 Å². The second kappa shape index (κ2) is 7.97. The smallest absolute Gasteiger partial charge is 0.857 e. The van der Waals surface area contributed by atoms with E-state index < -0.39 is 0 Å². The standard InChI is InChI=1S/C9H7BrN2O.CH3O.Na/c1-13-9-6-3-2-4-11-8(6)7(10)5-12-9;1-2;/h2-5H,1H3;1H3;/q;-1;+1. The summed E-state index contributed by atoms with van der Waals surface area (Å²) in [6.07, 6.45) is 3.43. The minimum Gasteiger partial charge on any atom is -0.857 e. The van der Waals surface area contributed by atoms with E-state index in [9.17, 15) is 0 Å². The molecule has 0 spiro atoms. The second-order valence-electron chi connectivity index (χ2n) is 2.51. The molecular formula is C10H10BrN2NaO2. The zero-order valence-electron chi connectivity index (χ0n) is 9.40. The van der Waals surface area contributed by atoms with Crippen LogP contribution >= 0.6 is 15.9 Å². The Morgan fingerprint density at radius 2 is 2.00 bits per heavy atom. The van der Waals surface area contributed by atoms with Gasteiger partial charge >= 0.3 is 29.6 Å². The Balaban J connectivity index is 0.000000711. The van der Waals surface area contributed by atoms with Crippen molar-refractivity contribution in [1.29, 1.82) is 0 Å². The normalized spacial score (nSPS) is 8.75. The predicted molar refractivity (Wildman–Crippen MR) is 59.7 cm³/mol. The van der Waals surface area contributed by atoms with E-state index in [1.54, 1.807) is 19.5 Å².